The highest BCUT2D eigenvalue weighted by Crippen LogP contribution is 2.30. The molecule has 1 amide bonds. The number of aryl methyl sites for hydroxylation is 2. The molecule has 2 aromatic carbocycles. The molecule has 7 heteroatoms. The molecule has 0 unspecified atom stereocenters. The zero-order valence-corrected chi connectivity index (χ0v) is 17.4. The van der Waals surface area contributed by atoms with Crippen LogP contribution in [0, 0.1) is 17.0 Å². The van der Waals surface area contributed by atoms with E-state index < -0.39 is 0 Å². The summed E-state index contributed by atoms with van der Waals surface area (Å²) in [6, 6.07) is 13.3. The summed E-state index contributed by atoms with van der Waals surface area (Å²) >= 11 is 0. The first kappa shape index (κ1) is 20.5. The maximum Gasteiger partial charge on any atom is 0.269 e. The number of carbonyl (C=O) groups excluding carboxylic acids is 1. The van der Waals surface area contributed by atoms with Crippen molar-refractivity contribution in [3.63, 3.8) is 0 Å². The minimum atomic E-state index is -0.378. The molecule has 4 rings (SSSR count). The lowest BCUT2D eigenvalue weighted by Gasteiger charge is -2.36. The number of anilines is 1. The van der Waals surface area contributed by atoms with Crippen molar-refractivity contribution in [3.8, 4) is 0 Å². The van der Waals surface area contributed by atoms with Gasteiger partial charge in [-0.25, -0.2) is 0 Å². The number of hydrogen-bond acceptors (Lipinski definition) is 5. The van der Waals surface area contributed by atoms with Gasteiger partial charge < -0.3 is 4.90 Å². The molecule has 2 aliphatic rings. The van der Waals surface area contributed by atoms with E-state index in [0.717, 1.165) is 56.8 Å². The first-order valence-corrected chi connectivity index (χ1v) is 10.6. The number of amides is 1. The number of nitro benzene ring substituents is 1. The van der Waals surface area contributed by atoms with Crippen LogP contribution in [0.1, 0.15) is 23.1 Å². The van der Waals surface area contributed by atoms with Crippen molar-refractivity contribution in [2.75, 3.05) is 44.2 Å². The van der Waals surface area contributed by atoms with Crippen LogP contribution in [0.3, 0.4) is 0 Å². The van der Waals surface area contributed by atoms with Crippen molar-refractivity contribution in [2.45, 2.75) is 26.3 Å². The Morgan fingerprint density at radius 3 is 2.50 bits per heavy atom. The van der Waals surface area contributed by atoms with Crippen LogP contribution in [0.4, 0.5) is 11.4 Å². The fourth-order valence-corrected chi connectivity index (χ4v) is 4.37. The van der Waals surface area contributed by atoms with Crippen molar-refractivity contribution in [3.05, 3.63) is 69.3 Å². The second-order valence-electron chi connectivity index (χ2n) is 8.20. The quantitative estimate of drug-likeness (QED) is 0.562. The summed E-state index contributed by atoms with van der Waals surface area (Å²) in [5.74, 6) is 0.0807. The fourth-order valence-electron chi connectivity index (χ4n) is 4.37. The summed E-state index contributed by atoms with van der Waals surface area (Å²) in [5, 5.41) is 11.0. The molecule has 0 spiro atoms. The molecule has 2 aliphatic heterocycles. The number of benzene rings is 2. The molecular weight excluding hydrogens is 380 g/mol. The molecule has 0 N–H and O–H groups in total. The van der Waals surface area contributed by atoms with E-state index in [1.807, 2.05) is 4.90 Å². The Morgan fingerprint density at radius 1 is 1.03 bits per heavy atom. The van der Waals surface area contributed by atoms with Crippen molar-refractivity contribution in [1.29, 1.82) is 0 Å². The molecule has 0 aliphatic carbocycles. The topological polar surface area (TPSA) is 69.9 Å². The lowest BCUT2D eigenvalue weighted by Crippen LogP contribution is -2.50. The molecule has 1 saturated heterocycles. The molecule has 0 atom stereocenters. The molecule has 158 valence electrons. The second-order valence-corrected chi connectivity index (χ2v) is 8.20. The number of nitrogens with zero attached hydrogens (tertiary/aromatic N) is 4. The highest BCUT2D eigenvalue weighted by molar-refractivity contribution is 5.96. The number of fused-ring (bicyclic) bond motifs is 1. The molecule has 0 saturated carbocycles. The van der Waals surface area contributed by atoms with Crippen LogP contribution in [0.25, 0.3) is 0 Å². The summed E-state index contributed by atoms with van der Waals surface area (Å²) in [7, 11) is 0. The van der Waals surface area contributed by atoms with Gasteiger partial charge in [-0.1, -0.05) is 24.3 Å². The second kappa shape index (κ2) is 8.93. The summed E-state index contributed by atoms with van der Waals surface area (Å²) in [6.45, 7) is 7.82. The van der Waals surface area contributed by atoms with Gasteiger partial charge in [0.05, 0.1) is 11.5 Å². The van der Waals surface area contributed by atoms with Gasteiger partial charge in [0, 0.05) is 57.1 Å². The highest BCUT2D eigenvalue weighted by atomic mass is 16.6. The molecule has 0 radical (unpaired) electrons. The lowest BCUT2D eigenvalue weighted by atomic mass is 10.0. The normalized spacial score (nSPS) is 17.6. The van der Waals surface area contributed by atoms with E-state index in [-0.39, 0.29) is 16.5 Å². The third kappa shape index (κ3) is 4.52. The van der Waals surface area contributed by atoms with Gasteiger partial charge in [0.1, 0.15) is 0 Å². The van der Waals surface area contributed by atoms with Gasteiger partial charge in [0.2, 0.25) is 5.91 Å². The van der Waals surface area contributed by atoms with Crippen LogP contribution in [-0.2, 0) is 17.8 Å². The maximum absolute atomic E-state index is 13.0. The van der Waals surface area contributed by atoms with Crippen molar-refractivity contribution >= 4 is 17.3 Å². The van der Waals surface area contributed by atoms with Gasteiger partial charge in [-0.3, -0.25) is 24.7 Å². The predicted molar refractivity (Wildman–Crippen MR) is 117 cm³/mol. The third-order valence-corrected chi connectivity index (χ3v) is 6.17. The van der Waals surface area contributed by atoms with E-state index in [1.165, 1.54) is 17.2 Å². The Hall–Kier alpha value is -2.77. The molecule has 30 heavy (non-hydrogen) atoms. The van der Waals surface area contributed by atoms with Crippen LogP contribution in [-0.4, -0.2) is 59.9 Å². The number of rotatable bonds is 5. The summed E-state index contributed by atoms with van der Waals surface area (Å²) in [4.78, 5) is 30.1. The Balaban J connectivity index is 1.34. The number of nitro groups is 1. The smallest absolute Gasteiger partial charge is 0.269 e. The fraction of sp³-hybridized carbons (Fsp3) is 0.435. The first-order valence-electron chi connectivity index (χ1n) is 10.6. The number of hydrogen-bond donors (Lipinski definition) is 0. The van der Waals surface area contributed by atoms with Crippen molar-refractivity contribution < 1.29 is 9.72 Å². The predicted octanol–water partition coefficient (Wildman–Crippen LogP) is 3.00. The zero-order chi connectivity index (χ0) is 21.1. The van der Waals surface area contributed by atoms with E-state index in [2.05, 4.69) is 41.0 Å². The van der Waals surface area contributed by atoms with E-state index in [1.54, 1.807) is 12.1 Å². The Morgan fingerprint density at radius 2 is 1.77 bits per heavy atom. The monoisotopic (exact) mass is 408 g/mol. The minimum absolute atomic E-state index is 0.0807. The van der Waals surface area contributed by atoms with Crippen molar-refractivity contribution in [2.24, 2.45) is 0 Å². The Labute approximate surface area is 177 Å². The van der Waals surface area contributed by atoms with Gasteiger partial charge in [-0.15, -0.1) is 0 Å². The standard InChI is InChI=1S/C23H28N4O3/c1-18-5-2-3-6-20(18)16-24-11-13-25(14-12-24)17-23(28)26-10-4-7-19-15-21(27(29)30)8-9-22(19)26/h2-3,5-6,8-9,15H,4,7,10-14,16-17H2,1H3. The van der Waals surface area contributed by atoms with E-state index in [4.69, 9.17) is 0 Å². The minimum Gasteiger partial charge on any atom is -0.311 e. The van der Waals surface area contributed by atoms with E-state index in [0.29, 0.717) is 13.1 Å². The zero-order valence-electron chi connectivity index (χ0n) is 17.4. The van der Waals surface area contributed by atoms with Crippen molar-refractivity contribution in [1.82, 2.24) is 9.80 Å². The molecule has 2 aromatic rings. The Kier molecular flexibility index (Phi) is 6.11. The molecule has 7 nitrogen and oxygen atoms in total. The first-order chi connectivity index (χ1) is 14.5. The SMILES string of the molecule is Cc1ccccc1CN1CCN(CC(=O)N2CCCc3cc([N+](=O)[O-])ccc32)CC1. The van der Waals surface area contributed by atoms with Crippen LogP contribution in [0.5, 0.6) is 0 Å². The molecule has 1 fully saturated rings. The maximum atomic E-state index is 13.0. The van der Waals surface area contributed by atoms with Crippen LogP contribution >= 0.6 is 0 Å². The summed E-state index contributed by atoms with van der Waals surface area (Å²) in [5.41, 5.74) is 4.50. The highest BCUT2D eigenvalue weighted by Gasteiger charge is 2.27. The van der Waals surface area contributed by atoms with Crippen LogP contribution in [0.15, 0.2) is 42.5 Å². The van der Waals surface area contributed by atoms with Gasteiger partial charge in [-0.05, 0) is 42.5 Å². The summed E-state index contributed by atoms with van der Waals surface area (Å²) < 4.78 is 0. The van der Waals surface area contributed by atoms with Gasteiger partial charge in [0.15, 0.2) is 0 Å². The van der Waals surface area contributed by atoms with Crippen LogP contribution < -0.4 is 4.90 Å². The third-order valence-electron chi connectivity index (χ3n) is 6.17. The Bertz CT molecular complexity index is 938. The molecule has 0 bridgehead atoms. The molecule has 2 heterocycles. The van der Waals surface area contributed by atoms with Gasteiger partial charge in [-0.2, -0.15) is 0 Å². The average molecular weight is 409 g/mol. The number of non-ortho nitro benzene ring substituents is 1. The summed E-state index contributed by atoms with van der Waals surface area (Å²) in [6.07, 6.45) is 1.61. The van der Waals surface area contributed by atoms with Crippen LogP contribution in [0.2, 0.25) is 0 Å². The largest absolute Gasteiger partial charge is 0.311 e. The molecule has 0 aromatic heterocycles. The van der Waals surface area contributed by atoms with E-state index in [9.17, 15) is 14.9 Å². The van der Waals surface area contributed by atoms with E-state index >= 15 is 0 Å². The average Bonchev–Trinajstić information content (AvgIpc) is 2.75. The lowest BCUT2D eigenvalue weighted by molar-refractivity contribution is -0.384. The molecular formula is C23H28N4O3. The van der Waals surface area contributed by atoms with Gasteiger partial charge in [0.25, 0.3) is 5.69 Å². The number of carbonyl (C=O) groups is 1. The number of piperazine rings is 1. The van der Waals surface area contributed by atoms with Gasteiger partial charge >= 0.3 is 0 Å².